The van der Waals surface area contributed by atoms with Crippen molar-refractivity contribution >= 4 is 23.4 Å². The maximum Gasteiger partial charge on any atom is 0.237 e. The lowest BCUT2D eigenvalue weighted by molar-refractivity contribution is -0.140. The first-order valence-corrected chi connectivity index (χ1v) is 10.1. The van der Waals surface area contributed by atoms with Crippen molar-refractivity contribution in [3.8, 4) is 0 Å². The minimum atomic E-state index is -0.545. The fourth-order valence-electron chi connectivity index (χ4n) is 3.94. The van der Waals surface area contributed by atoms with E-state index < -0.39 is 11.9 Å². The molecule has 6 nitrogen and oxygen atoms in total. The molecule has 0 aliphatic carbocycles. The zero-order chi connectivity index (χ0) is 20.3. The molecule has 0 spiro atoms. The zero-order valence-electron chi connectivity index (χ0n) is 16.5. The molecule has 154 valence electrons. The van der Waals surface area contributed by atoms with Crippen molar-refractivity contribution in [2.45, 2.75) is 37.9 Å². The van der Waals surface area contributed by atoms with Gasteiger partial charge in [0.1, 0.15) is 5.82 Å². The number of piperidine rings is 1. The zero-order valence-corrected chi connectivity index (χ0v) is 17.2. The van der Waals surface area contributed by atoms with E-state index in [2.05, 4.69) is 17.3 Å². The summed E-state index contributed by atoms with van der Waals surface area (Å²) in [6.45, 7) is 3.49. The van der Waals surface area contributed by atoms with Gasteiger partial charge in [-0.3, -0.25) is 14.5 Å². The monoisotopic (exact) mass is 410 g/mol. The molecule has 2 aliphatic rings. The highest BCUT2D eigenvalue weighted by atomic mass is 35.5. The number of hydrogen-bond acceptors (Lipinski definition) is 4. The van der Waals surface area contributed by atoms with E-state index in [1.54, 1.807) is 11.0 Å². The lowest BCUT2D eigenvalue weighted by Gasteiger charge is -2.38. The van der Waals surface area contributed by atoms with Gasteiger partial charge in [-0.1, -0.05) is 17.7 Å². The van der Waals surface area contributed by atoms with E-state index in [4.69, 9.17) is 11.6 Å². The number of amides is 2. The van der Waals surface area contributed by atoms with Gasteiger partial charge in [0.05, 0.1) is 12.5 Å². The fourth-order valence-corrected chi connectivity index (χ4v) is 4.16. The number of halogens is 2. The van der Waals surface area contributed by atoms with Crippen LogP contribution in [-0.4, -0.2) is 78.9 Å². The largest absolute Gasteiger partial charge is 0.353 e. The van der Waals surface area contributed by atoms with Crippen LogP contribution in [0.1, 0.15) is 24.8 Å². The molecule has 1 N–H and O–H groups in total. The average molecular weight is 411 g/mol. The highest BCUT2D eigenvalue weighted by molar-refractivity contribution is 6.31. The molecule has 8 heteroatoms. The minimum absolute atomic E-state index is 0.0215. The smallest absolute Gasteiger partial charge is 0.237 e. The van der Waals surface area contributed by atoms with Crippen molar-refractivity contribution in [2.24, 2.45) is 0 Å². The molecule has 2 aliphatic heterocycles. The third kappa shape index (κ3) is 5.01. The molecule has 2 saturated heterocycles. The normalized spacial score (nSPS) is 22.1. The Morgan fingerprint density at radius 2 is 2.04 bits per heavy atom. The second kappa shape index (κ2) is 9.20. The summed E-state index contributed by atoms with van der Waals surface area (Å²) in [6, 6.07) is 3.94. The fraction of sp³-hybridized carbons (Fsp3) is 0.600. The van der Waals surface area contributed by atoms with Gasteiger partial charge in [0, 0.05) is 37.7 Å². The van der Waals surface area contributed by atoms with Crippen LogP contribution in [0, 0.1) is 5.82 Å². The van der Waals surface area contributed by atoms with Crippen molar-refractivity contribution in [2.75, 3.05) is 40.3 Å². The second-order valence-electron chi connectivity index (χ2n) is 7.76. The van der Waals surface area contributed by atoms with E-state index in [1.807, 2.05) is 11.9 Å². The first kappa shape index (κ1) is 21.0. The number of nitrogens with one attached hydrogen (secondary N) is 1. The van der Waals surface area contributed by atoms with Gasteiger partial charge >= 0.3 is 0 Å². The summed E-state index contributed by atoms with van der Waals surface area (Å²) >= 11 is 6.16. The molecule has 0 radical (unpaired) electrons. The molecule has 1 aromatic rings. The van der Waals surface area contributed by atoms with E-state index in [9.17, 15) is 14.0 Å². The van der Waals surface area contributed by atoms with Gasteiger partial charge in [0.25, 0.3) is 0 Å². The van der Waals surface area contributed by atoms with Gasteiger partial charge in [0.15, 0.2) is 0 Å². The predicted molar refractivity (Wildman–Crippen MR) is 107 cm³/mol. The molecule has 2 heterocycles. The van der Waals surface area contributed by atoms with Crippen LogP contribution in [-0.2, 0) is 16.1 Å². The Kier molecular flexibility index (Phi) is 6.91. The Morgan fingerprint density at radius 3 is 2.71 bits per heavy atom. The van der Waals surface area contributed by atoms with Crippen molar-refractivity contribution in [3.05, 3.63) is 34.6 Å². The van der Waals surface area contributed by atoms with Gasteiger partial charge < -0.3 is 15.1 Å². The van der Waals surface area contributed by atoms with Crippen LogP contribution in [0.3, 0.4) is 0 Å². The van der Waals surface area contributed by atoms with Crippen LogP contribution in [0.25, 0.3) is 0 Å². The number of carbonyl (C=O) groups excluding carboxylic acids is 2. The number of piperazine rings is 1. The quantitative estimate of drug-likeness (QED) is 0.803. The van der Waals surface area contributed by atoms with E-state index in [1.165, 1.54) is 12.1 Å². The SMILES string of the molecule is CN1CCC(N(C)C(=O)CC2C(=O)NCCN2Cc2ccc(F)cc2Cl)CC1. The number of hydrogen-bond donors (Lipinski definition) is 1. The molecule has 0 bridgehead atoms. The Labute approximate surface area is 170 Å². The Morgan fingerprint density at radius 1 is 1.32 bits per heavy atom. The Hall–Kier alpha value is -1.70. The van der Waals surface area contributed by atoms with Crippen LogP contribution in [0.5, 0.6) is 0 Å². The Bertz CT molecular complexity index is 724. The molecule has 1 unspecified atom stereocenters. The molecule has 1 atom stereocenters. The third-order valence-corrected chi connectivity index (χ3v) is 6.18. The van der Waals surface area contributed by atoms with Gasteiger partial charge in [-0.2, -0.15) is 0 Å². The number of rotatable bonds is 5. The molecule has 0 aromatic heterocycles. The van der Waals surface area contributed by atoms with Crippen molar-refractivity contribution in [1.82, 2.24) is 20.0 Å². The summed E-state index contributed by atoms with van der Waals surface area (Å²) in [5.41, 5.74) is 0.749. The summed E-state index contributed by atoms with van der Waals surface area (Å²) in [5.74, 6) is -0.557. The van der Waals surface area contributed by atoms with E-state index in [0.29, 0.717) is 24.7 Å². The highest BCUT2D eigenvalue weighted by Gasteiger charge is 2.34. The van der Waals surface area contributed by atoms with E-state index in [-0.39, 0.29) is 24.3 Å². The first-order chi connectivity index (χ1) is 13.3. The van der Waals surface area contributed by atoms with Crippen molar-refractivity contribution < 1.29 is 14.0 Å². The predicted octanol–water partition coefficient (Wildman–Crippen LogP) is 1.72. The molecule has 0 saturated carbocycles. The first-order valence-electron chi connectivity index (χ1n) is 9.75. The van der Waals surface area contributed by atoms with E-state index in [0.717, 1.165) is 31.5 Å². The summed E-state index contributed by atoms with van der Waals surface area (Å²) in [7, 11) is 3.92. The molecule has 2 fully saturated rings. The van der Waals surface area contributed by atoms with Gasteiger partial charge in [-0.25, -0.2) is 4.39 Å². The highest BCUT2D eigenvalue weighted by Crippen LogP contribution is 2.23. The minimum Gasteiger partial charge on any atom is -0.353 e. The molecular formula is C20H28ClFN4O2. The van der Waals surface area contributed by atoms with Crippen LogP contribution in [0.2, 0.25) is 5.02 Å². The summed E-state index contributed by atoms with van der Waals surface area (Å²) in [6.07, 6.45) is 2.03. The standard InChI is InChI=1S/C20H28ClFN4O2/c1-24-8-5-16(6-9-24)25(2)19(27)12-18-20(28)23-7-10-26(18)13-14-3-4-15(22)11-17(14)21/h3-4,11,16,18H,5-10,12-13H2,1-2H3,(H,23,28). The van der Waals surface area contributed by atoms with E-state index >= 15 is 0 Å². The average Bonchev–Trinajstić information content (AvgIpc) is 2.66. The lowest BCUT2D eigenvalue weighted by Crippen LogP contribution is -2.56. The summed E-state index contributed by atoms with van der Waals surface area (Å²) in [5, 5.41) is 3.18. The van der Waals surface area contributed by atoms with Crippen LogP contribution in [0.15, 0.2) is 18.2 Å². The third-order valence-electron chi connectivity index (χ3n) is 5.83. The molecule has 3 rings (SSSR count). The second-order valence-corrected chi connectivity index (χ2v) is 8.16. The van der Waals surface area contributed by atoms with Crippen molar-refractivity contribution in [3.63, 3.8) is 0 Å². The molecule has 28 heavy (non-hydrogen) atoms. The van der Waals surface area contributed by atoms with Crippen molar-refractivity contribution in [1.29, 1.82) is 0 Å². The molecular weight excluding hydrogens is 383 g/mol. The van der Waals surface area contributed by atoms with Crippen LogP contribution in [0.4, 0.5) is 4.39 Å². The van der Waals surface area contributed by atoms with Gasteiger partial charge in [-0.15, -0.1) is 0 Å². The lowest BCUT2D eigenvalue weighted by atomic mass is 10.0. The van der Waals surface area contributed by atoms with Crippen LogP contribution < -0.4 is 5.32 Å². The number of nitrogens with zero attached hydrogens (tertiary/aromatic N) is 3. The maximum atomic E-state index is 13.3. The van der Waals surface area contributed by atoms with Crippen LogP contribution >= 0.6 is 11.6 Å². The topological polar surface area (TPSA) is 55.9 Å². The van der Waals surface area contributed by atoms with Gasteiger partial charge in [-0.05, 0) is 50.7 Å². The molecule has 1 aromatic carbocycles. The number of likely N-dealkylation sites (tertiary alicyclic amines) is 1. The summed E-state index contributed by atoms with van der Waals surface area (Å²) in [4.78, 5) is 31.4. The Balaban J connectivity index is 1.66. The number of carbonyl (C=O) groups is 2. The van der Waals surface area contributed by atoms with Gasteiger partial charge in [0.2, 0.25) is 11.8 Å². The number of benzene rings is 1. The maximum absolute atomic E-state index is 13.3. The summed E-state index contributed by atoms with van der Waals surface area (Å²) < 4.78 is 13.3. The molecule has 2 amide bonds.